The van der Waals surface area contributed by atoms with E-state index in [1.165, 1.54) is 41.7 Å². The number of amides is 1. The van der Waals surface area contributed by atoms with Gasteiger partial charge in [0.1, 0.15) is 5.75 Å². The van der Waals surface area contributed by atoms with Crippen LogP contribution in [0.1, 0.15) is 24.2 Å². The van der Waals surface area contributed by atoms with Gasteiger partial charge in [0.2, 0.25) is 10.0 Å². The molecule has 0 unspecified atom stereocenters. The van der Waals surface area contributed by atoms with Gasteiger partial charge >= 0.3 is 0 Å². The molecule has 1 amide bonds. The van der Waals surface area contributed by atoms with Crippen molar-refractivity contribution in [2.24, 2.45) is 0 Å². The minimum absolute atomic E-state index is 0.0383. The third-order valence-electron chi connectivity index (χ3n) is 3.67. The van der Waals surface area contributed by atoms with Crippen LogP contribution >= 0.6 is 0 Å². The molecule has 0 bridgehead atoms. The van der Waals surface area contributed by atoms with Crippen molar-refractivity contribution in [3.05, 3.63) is 54.1 Å². The maximum atomic E-state index is 12.4. The van der Waals surface area contributed by atoms with Crippen molar-refractivity contribution in [1.29, 1.82) is 0 Å². The molecule has 7 heteroatoms. The number of para-hydroxylation sites is 2. The lowest BCUT2D eigenvalue weighted by atomic mass is 10.2. The van der Waals surface area contributed by atoms with Gasteiger partial charge < -0.3 is 10.4 Å². The number of nitrogens with zero attached hydrogens (tertiary/aromatic N) is 1. The van der Waals surface area contributed by atoms with Gasteiger partial charge in [-0.15, -0.1) is 0 Å². The van der Waals surface area contributed by atoms with Crippen molar-refractivity contribution in [3.63, 3.8) is 0 Å². The van der Waals surface area contributed by atoms with Gasteiger partial charge in [0.15, 0.2) is 0 Å². The standard InChI is InChI=1S/C17H20N2O4S/c1-12(2)19(3)24(22,23)14-10-8-13(9-11-14)17(21)18-15-6-4-5-7-16(15)20/h4-12,20H,1-3H3,(H,18,21). The number of benzene rings is 2. The summed E-state index contributed by atoms with van der Waals surface area (Å²) in [7, 11) is -2.07. The Morgan fingerprint density at radius 2 is 1.67 bits per heavy atom. The first kappa shape index (κ1) is 18.0. The highest BCUT2D eigenvalue weighted by Gasteiger charge is 2.23. The molecule has 0 saturated heterocycles. The molecule has 0 radical (unpaired) electrons. The van der Waals surface area contributed by atoms with Crippen LogP contribution in [0.5, 0.6) is 5.75 Å². The van der Waals surface area contributed by atoms with E-state index >= 15 is 0 Å². The van der Waals surface area contributed by atoms with Crippen molar-refractivity contribution in [2.45, 2.75) is 24.8 Å². The second-order valence-corrected chi connectivity index (χ2v) is 7.61. The van der Waals surface area contributed by atoms with Crippen LogP contribution in [0.25, 0.3) is 0 Å². The van der Waals surface area contributed by atoms with Crippen LogP contribution in [0, 0.1) is 0 Å². The van der Waals surface area contributed by atoms with E-state index in [1.807, 2.05) is 0 Å². The van der Waals surface area contributed by atoms with Crippen LogP contribution in [0.4, 0.5) is 5.69 Å². The zero-order valence-corrected chi connectivity index (χ0v) is 14.5. The molecular formula is C17H20N2O4S. The topological polar surface area (TPSA) is 86.7 Å². The summed E-state index contributed by atoms with van der Waals surface area (Å²) in [4.78, 5) is 12.3. The molecule has 0 saturated carbocycles. The highest BCUT2D eigenvalue weighted by molar-refractivity contribution is 7.89. The Balaban J connectivity index is 2.20. The number of rotatable bonds is 5. The van der Waals surface area contributed by atoms with Crippen molar-refractivity contribution in [2.75, 3.05) is 12.4 Å². The van der Waals surface area contributed by atoms with E-state index in [-0.39, 0.29) is 16.7 Å². The van der Waals surface area contributed by atoms with Gasteiger partial charge in [-0.2, -0.15) is 4.31 Å². The molecule has 2 aromatic carbocycles. The lowest BCUT2D eigenvalue weighted by Crippen LogP contribution is -2.33. The average Bonchev–Trinajstić information content (AvgIpc) is 2.56. The normalized spacial score (nSPS) is 11.7. The summed E-state index contributed by atoms with van der Waals surface area (Å²) in [5, 5.41) is 12.2. The largest absolute Gasteiger partial charge is 0.506 e. The van der Waals surface area contributed by atoms with Crippen LogP contribution < -0.4 is 5.32 Å². The fourth-order valence-electron chi connectivity index (χ4n) is 2.00. The molecule has 0 spiro atoms. The van der Waals surface area contributed by atoms with Crippen LogP contribution in [-0.2, 0) is 10.0 Å². The first-order chi connectivity index (χ1) is 11.2. The van der Waals surface area contributed by atoms with Crippen molar-refractivity contribution >= 4 is 21.6 Å². The van der Waals surface area contributed by atoms with E-state index in [0.717, 1.165) is 0 Å². The molecule has 0 fully saturated rings. The van der Waals surface area contributed by atoms with E-state index in [1.54, 1.807) is 32.0 Å². The zero-order valence-electron chi connectivity index (χ0n) is 13.7. The van der Waals surface area contributed by atoms with Crippen molar-refractivity contribution in [1.82, 2.24) is 4.31 Å². The van der Waals surface area contributed by atoms with E-state index in [0.29, 0.717) is 11.3 Å². The van der Waals surface area contributed by atoms with Gasteiger partial charge in [0, 0.05) is 18.7 Å². The van der Waals surface area contributed by atoms with E-state index in [4.69, 9.17) is 0 Å². The number of phenolic OH excluding ortho intramolecular Hbond substituents is 1. The van der Waals surface area contributed by atoms with Gasteiger partial charge in [0.05, 0.1) is 10.6 Å². The molecule has 0 aliphatic carbocycles. The summed E-state index contributed by atoms with van der Waals surface area (Å²) in [5.41, 5.74) is 0.586. The highest BCUT2D eigenvalue weighted by atomic mass is 32.2. The summed E-state index contributed by atoms with van der Waals surface area (Å²) in [6.07, 6.45) is 0. The summed E-state index contributed by atoms with van der Waals surface area (Å²) in [6, 6.07) is 11.9. The van der Waals surface area contributed by atoms with Gasteiger partial charge in [0.25, 0.3) is 5.91 Å². The summed E-state index contributed by atoms with van der Waals surface area (Å²) < 4.78 is 26.0. The number of phenols is 1. The van der Waals surface area contributed by atoms with Gasteiger partial charge in [-0.3, -0.25) is 4.79 Å². The number of carbonyl (C=O) groups excluding carboxylic acids is 1. The Morgan fingerprint density at radius 3 is 2.21 bits per heavy atom. The van der Waals surface area contributed by atoms with Crippen LogP contribution in [0.15, 0.2) is 53.4 Å². The van der Waals surface area contributed by atoms with Gasteiger partial charge in [-0.1, -0.05) is 12.1 Å². The van der Waals surface area contributed by atoms with Crippen LogP contribution in [0.3, 0.4) is 0 Å². The fourth-order valence-corrected chi connectivity index (χ4v) is 3.36. The Bertz CT molecular complexity index is 830. The molecule has 2 aromatic rings. The summed E-state index contributed by atoms with van der Waals surface area (Å²) in [6.45, 7) is 3.57. The third kappa shape index (κ3) is 3.74. The molecule has 6 nitrogen and oxygen atoms in total. The van der Waals surface area contributed by atoms with E-state index in [9.17, 15) is 18.3 Å². The molecule has 0 aliphatic rings. The number of hydrogen-bond donors (Lipinski definition) is 2. The number of nitrogens with one attached hydrogen (secondary N) is 1. The molecule has 0 atom stereocenters. The molecular weight excluding hydrogens is 328 g/mol. The number of hydrogen-bond acceptors (Lipinski definition) is 4. The number of sulfonamides is 1. The smallest absolute Gasteiger partial charge is 0.255 e. The Hall–Kier alpha value is -2.38. The first-order valence-electron chi connectivity index (χ1n) is 7.41. The molecule has 128 valence electrons. The Labute approximate surface area is 141 Å². The fraction of sp³-hybridized carbons (Fsp3) is 0.235. The number of anilines is 1. The molecule has 0 aliphatic heterocycles. The minimum atomic E-state index is -3.58. The van der Waals surface area contributed by atoms with Crippen LogP contribution in [-0.4, -0.2) is 36.8 Å². The number of carbonyl (C=O) groups is 1. The minimum Gasteiger partial charge on any atom is -0.506 e. The molecule has 0 aromatic heterocycles. The third-order valence-corrected chi connectivity index (χ3v) is 5.72. The van der Waals surface area contributed by atoms with Gasteiger partial charge in [-0.25, -0.2) is 8.42 Å². The maximum absolute atomic E-state index is 12.4. The Kier molecular flexibility index (Phi) is 5.26. The number of aromatic hydroxyl groups is 1. The van der Waals surface area contributed by atoms with Crippen LogP contribution in [0.2, 0.25) is 0 Å². The van der Waals surface area contributed by atoms with E-state index < -0.39 is 15.9 Å². The maximum Gasteiger partial charge on any atom is 0.255 e. The summed E-state index contributed by atoms with van der Waals surface area (Å²) in [5.74, 6) is -0.471. The summed E-state index contributed by atoms with van der Waals surface area (Å²) >= 11 is 0. The van der Waals surface area contributed by atoms with E-state index in [2.05, 4.69) is 5.32 Å². The van der Waals surface area contributed by atoms with Crippen molar-refractivity contribution < 1.29 is 18.3 Å². The second-order valence-electron chi connectivity index (χ2n) is 5.61. The van der Waals surface area contributed by atoms with Gasteiger partial charge in [-0.05, 0) is 50.2 Å². The Morgan fingerprint density at radius 1 is 1.08 bits per heavy atom. The predicted octanol–water partition coefficient (Wildman–Crippen LogP) is 2.67. The van der Waals surface area contributed by atoms with Crippen molar-refractivity contribution in [3.8, 4) is 5.75 Å². The molecule has 0 heterocycles. The lowest BCUT2D eigenvalue weighted by molar-refractivity contribution is 0.102. The first-order valence-corrected chi connectivity index (χ1v) is 8.85. The lowest BCUT2D eigenvalue weighted by Gasteiger charge is -2.21. The monoisotopic (exact) mass is 348 g/mol. The predicted molar refractivity (Wildman–Crippen MR) is 92.6 cm³/mol. The quantitative estimate of drug-likeness (QED) is 0.813. The SMILES string of the molecule is CC(C)N(C)S(=O)(=O)c1ccc(C(=O)Nc2ccccc2O)cc1. The molecule has 2 N–H and O–H groups in total. The average molecular weight is 348 g/mol. The molecule has 2 rings (SSSR count). The molecule has 24 heavy (non-hydrogen) atoms. The zero-order chi connectivity index (χ0) is 17.9. The highest BCUT2D eigenvalue weighted by Crippen LogP contribution is 2.23. The second kappa shape index (κ2) is 7.02.